The smallest absolute Gasteiger partial charge is 0.224 e. The molecule has 1 fully saturated rings. The molecule has 1 N–H and O–H groups in total. The first kappa shape index (κ1) is 30.5. The Hall–Kier alpha value is -3.98. The number of carbonyl (C=O) groups excluding carboxylic acids is 2. The van der Waals surface area contributed by atoms with Crippen LogP contribution in [0.15, 0.2) is 60.8 Å². The van der Waals surface area contributed by atoms with Gasteiger partial charge in [-0.1, -0.05) is 53.5 Å². The van der Waals surface area contributed by atoms with E-state index in [-0.39, 0.29) is 17.8 Å². The minimum absolute atomic E-state index is 0.0186. The largest absolute Gasteiger partial charge is 0.496 e. The van der Waals surface area contributed by atoms with Crippen molar-refractivity contribution in [2.75, 3.05) is 27.3 Å². The number of hydrogen-bond acceptors (Lipinski definition) is 7. The van der Waals surface area contributed by atoms with E-state index < -0.39 is 0 Å². The summed E-state index contributed by atoms with van der Waals surface area (Å²) < 4.78 is 11.1. The lowest BCUT2D eigenvalue weighted by atomic mass is 9.99. The Bertz CT molecular complexity index is 1650. The summed E-state index contributed by atoms with van der Waals surface area (Å²) in [6, 6.07) is 17.1. The number of benzene rings is 2. The van der Waals surface area contributed by atoms with E-state index in [1.165, 1.54) is 7.11 Å². The predicted octanol–water partition coefficient (Wildman–Crippen LogP) is 6.71. The van der Waals surface area contributed by atoms with Crippen molar-refractivity contribution in [1.82, 2.24) is 20.2 Å². The first-order valence-corrected chi connectivity index (χ1v) is 14.7. The Balaban J connectivity index is 1.42. The monoisotopic (exact) mass is 618 g/mol. The summed E-state index contributed by atoms with van der Waals surface area (Å²) in [7, 11) is 3.13. The van der Waals surface area contributed by atoms with Crippen molar-refractivity contribution >= 4 is 35.4 Å². The van der Waals surface area contributed by atoms with Crippen LogP contribution in [0, 0.1) is 0 Å². The second-order valence-corrected chi connectivity index (χ2v) is 11.1. The molecule has 10 heteroatoms. The lowest BCUT2D eigenvalue weighted by molar-refractivity contribution is -0.120. The summed E-state index contributed by atoms with van der Waals surface area (Å²) in [6.07, 6.45) is 4.25. The van der Waals surface area contributed by atoms with Gasteiger partial charge in [-0.2, -0.15) is 0 Å². The number of pyridine rings is 2. The maximum Gasteiger partial charge on any atom is 0.224 e. The predicted molar refractivity (Wildman–Crippen MR) is 169 cm³/mol. The fraction of sp³-hybridized carbons (Fsp3) is 0.273. The highest BCUT2D eigenvalue weighted by Gasteiger charge is 2.22. The van der Waals surface area contributed by atoms with Crippen LogP contribution >= 0.6 is 23.2 Å². The molecule has 0 atom stereocenters. The Kier molecular flexibility index (Phi) is 9.60. The molecule has 4 aromatic rings. The molecule has 0 aliphatic carbocycles. The minimum atomic E-state index is 0.0186. The fourth-order valence-corrected chi connectivity index (χ4v) is 6.08. The van der Waals surface area contributed by atoms with E-state index in [0.29, 0.717) is 38.8 Å². The number of methoxy groups -OCH3 is 2. The molecule has 3 heterocycles. The number of nitrogens with zero attached hydrogens (tertiary/aromatic N) is 3. The third kappa shape index (κ3) is 6.67. The summed E-state index contributed by atoms with van der Waals surface area (Å²) in [5, 5.41) is 3.94. The van der Waals surface area contributed by atoms with Crippen LogP contribution < -0.4 is 14.8 Å². The Labute approximate surface area is 261 Å². The second-order valence-electron chi connectivity index (χ2n) is 10.4. The Morgan fingerprint density at radius 3 is 2.44 bits per heavy atom. The van der Waals surface area contributed by atoms with Crippen molar-refractivity contribution in [3.05, 3.63) is 82.0 Å². The number of aromatic nitrogens is 2. The van der Waals surface area contributed by atoms with Gasteiger partial charge in [-0.05, 0) is 37.1 Å². The molecule has 2 aromatic carbocycles. The molecule has 2 aromatic heterocycles. The normalized spacial score (nSPS) is 13.9. The number of hydrogen-bond donors (Lipinski definition) is 1. The number of nitrogens with one attached hydrogen (secondary N) is 1. The van der Waals surface area contributed by atoms with Gasteiger partial charge in [0, 0.05) is 66.6 Å². The highest BCUT2D eigenvalue weighted by Crippen LogP contribution is 2.42. The third-order valence-electron chi connectivity index (χ3n) is 7.61. The maximum atomic E-state index is 11.4. The van der Waals surface area contributed by atoms with E-state index in [0.717, 1.165) is 60.5 Å². The van der Waals surface area contributed by atoms with Gasteiger partial charge in [0.05, 0.1) is 41.2 Å². The maximum absolute atomic E-state index is 11.4. The molecule has 1 aliphatic rings. The van der Waals surface area contributed by atoms with Gasteiger partial charge in [-0.25, -0.2) is 4.98 Å². The van der Waals surface area contributed by atoms with E-state index in [1.54, 1.807) is 32.4 Å². The topological polar surface area (TPSA) is 93.7 Å². The molecule has 1 aliphatic heterocycles. The van der Waals surface area contributed by atoms with Crippen molar-refractivity contribution < 1.29 is 19.1 Å². The molecule has 222 valence electrons. The molecule has 1 amide bonds. The van der Waals surface area contributed by atoms with Crippen LogP contribution in [0.3, 0.4) is 0 Å². The molecular weight excluding hydrogens is 587 g/mol. The van der Waals surface area contributed by atoms with Crippen molar-refractivity contribution in [2.45, 2.75) is 32.4 Å². The average Bonchev–Trinajstić information content (AvgIpc) is 3.02. The van der Waals surface area contributed by atoms with E-state index >= 15 is 0 Å². The minimum Gasteiger partial charge on any atom is -0.496 e. The van der Waals surface area contributed by atoms with Crippen molar-refractivity contribution in [1.29, 1.82) is 0 Å². The van der Waals surface area contributed by atoms with Crippen LogP contribution in [0.25, 0.3) is 33.6 Å². The van der Waals surface area contributed by atoms with Crippen LogP contribution in [0.2, 0.25) is 10.0 Å². The third-order valence-corrected chi connectivity index (χ3v) is 8.40. The fourth-order valence-electron chi connectivity index (χ4n) is 5.43. The van der Waals surface area contributed by atoms with Crippen LogP contribution in [0.1, 0.15) is 35.7 Å². The van der Waals surface area contributed by atoms with Crippen LogP contribution in [0.4, 0.5) is 0 Å². The lowest BCUT2D eigenvalue weighted by Gasteiger charge is -2.32. The first-order valence-electron chi connectivity index (χ1n) is 13.9. The van der Waals surface area contributed by atoms with Gasteiger partial charge in [0.25, 0.3) is 0 Å². The summed E-state index contributed by atoms with van der Waals surface area (Å²) in [6.45, 7) is 4.10. The molecule has 8 nitrogen and oxygen atoms in total. The zero-order valence-corrected chi connectivity index (χ0v) is 25.7. The molecule has 0 bridgehead atoms. The molecule has 0 spiro atoms. The molecule has 0 saturated carbocycles. The first-order chi connectivity index (χ1) is 20.8. The van der Waals surface area contributed by atoms with Crippen molar-refractivity contribution in [3.8, 4) is 45.3 Å². The molecule has 0 unspecified atom stereocenters. The van der Waals surface area contributed by atoms with E-state index in [2.05, 4.69) is 26.3 Å². The summed E-state index contributed by atoms with van der Waals surface area (Å²) in [5.41, 5.74) is 5.54. The quantitative estimate of drug-likeness (QED) is 0.208. The standard InChI is InChI=1S/C33H32Cl2N4O4/c1-20(41)37-24-12-15-39(16-13-24)18-22-8-7-21(17-29(22)42-2)32-31(35)26(11-14-36-32)25-5-4-6-27(30(25)34)28-10-9-23(19-40)33(38-28)43-3/h4-11,14,17,19,24H,12-13,15-16,18H2,1-3H3,(H,37,41). The number of ether oxygens (including phenoxy) is 2. The Morgan fingerprint density at radius 2 is 1.74 bits per heavy atom. The van der Waals surface area contributed by atoms with Gasteiger partial charge in [0.2, 0.25) is 11.8 Å². The summed E-state index contributed by atoms with van der Waals surface area (Å²) >= 11 is 13.9. The van der Waals surface area contributed by atoms with Gasteiger partial charge in [-0.15, -0.1) is 0 Å². The molecule has 5 rings (SSSR count). The molecule has 1 saturated heterocycles. The average molecular weight is 620 g/mol. The Morgan fingerprint density at radius 1 is 1.00 bits per heavy atom. The van der Waals surface area contributed by atoms with E-state index in [9.17, 15) is 9.59 Å². The molecule has 43 heavy (non-hydrogen) atoms. The molecular formula is C33H32Cl2N4O4. The van der Waals surface area contributed by atoms with Crippen molar-refractivity contribution in [3.63, 3.8) is 0 Å². The van der Waals surface area contributed by atoms with Gasteiger partial charge in [0.15, 0.2) is 6.29 Å². The highest BCUT2D eigenvalue weighted by molar-refractivity contribution is 6.39. The van der Waals surface area contributed by atoms with Gasteiger partial charge in [-0.3, -0.25) is 19.5 Å². The number of rotatable bonds is 9. The number of piperidine rings is 1. The molecule has 0 radical (unpaired) electrons. The zero-order valence-electron chi connectivity index (χ0n) is 24.2. The lowest BCUT2D eigenvalue weighted by Crippen LogP contribution is -2.43. The number of carbonyl (C=O) groups is 2. The van der Waals surface area contributed by atoms with Gasteiger partial charge in [0.1, 0.15) is 5.75 Å². The number of halogens is 2. The van der Waals surface area contributed by atoms with Crippen LogP contribution in [0.5, 0.6) is 11.6 Å². The van der Waals surface area contributed by atoms with Gasteiger partial charge < -0.3 is 14.8 Å². The van der Waals surface area contributed by atoms with E-state index in [4.69, 9.17) is 32.7 Å². The van der Waals surface area contributed by atoms with Crippen LogP contribution in [-0.2, 0) is 11.3 Å². The number of amides is 1. The summed E-state index contributed by atoms with van der Waals surface area (Å²) in [4.78, 5) is 34.2. The van der Waals surface area contributed by atoms with Crippen molar-refractivity contribution in [2.24, 2.45) is 0 Å². The van der Waals surface area contributed by atoms with Crippen LogP contribution in [-0.4, -0.2) is 60.4 Å². The zero-order chi connectivity index (χ0) is 30.5. The number of aldehydes is 1. The SMILES string of the molecule is COc1cc(-c2nccc(-c3cccc(-c4ccc(C=O)c(OC)n4)c3Cl)c2Cl)ccc1CN1CCC(NC(C)=O)CC1. The summed E-state index contributed by atoms with van der Waals surface area (Å²) in [5.74, 6) is 0.999. The second kappa shape index (κ2) is 13.5. The van der Waals surface area contributed by atoms with E-state index in [1.807, 2.05) is 36.4 Å². The number of likely N-dealkylation sites (tertiary alicyclic amines) is 1. The highest BCUT2D eigenvalue weighted by atomic mass is 35.5. The van der Waals surface area contributed by atoms with Gasteiger partial charge >= 0.3 is 0 Å².